The van der Waals surface area contributed by atoms with Crippen molar-refractivity contribution < 1.29 is 5.21 Å². The monoisotopic (exact) mass is 292 g/mol. The van der Waals surface area contributed by atoms with Gasteiger partial charge in [0.2, 0.25) is 5.11 Å². The van der Waals surface area contributed by atoms with Crippen molar-refractivity contribution in [2.75, 3.05) is 13.1 Å². The minimum atomic E-state index is 0.525. The van der Waals surface area contributed by atoms with Crippen LogP contribution in [-0.4, -0.2) is 33.4 Å². The minimum absolute atomic E-state index is 0.525. The Morgan fingerprint density at radius 3 is 2.65 bits per heavy atom. The summed E-state index contributed by atoms with van der Waals surface area (Å²) in [7, 11) is 0. The number of rotatable bonds is 1. The van der Waals surface area contributed by atoms with Gasteiger partial charge in [0.1, 0.15) is 0 Å². The van der Waals surface area contributed by atoms with Crippen LogP contribution in [0.2, 0.25) is 0 Å². The van der Waals surface area contributed by atoms with Gasteiger partial charge in [0, 0.05) is 19.3 Å². The second-order valence-electron chi connectivity index (χ2n) is 5.17. The van der Waals surface area contributed by atoms with Gasteiger partial charge >= 0.3 is 0 Å². The minimum Gasteiger partial charge on any atom is -0.346 e. The summed E-state index contributed by atoms with van der Waals surface area (Å²) in [6.45, 7) is 5.95. The second kappa shape index (κ2) is 6.76. The molecule has 0 spiro atoms. The van der Waals surface area contributed by atoms with Crippen molar-refractivity contribution in [3.05, 3.63) is 35.8 Å². The maximum absolute atomic E-state index is 9.67. The molecule has 1 saturated heterocycles. The first-order chi connectivity index (χ1) is 9.58. The number of nitrogens with zero attached hydrogens (tertiary/aromatic N) is 4. The molecule has 0 unspecified atom stereocenters. The van der Waals surface area contributed by atoms with Gasteiger partial charge in [-0.25, -0.2) is 5.06 Å². The lowest BCUT2D eigenvalue weighted by molar-refractivity contribution is -0.00149. The number of allylic oxidation sites excluding steroid dienone is 4. The average Bonchev–Trinajstić information content (AvgIpc) is 2.45. The van der Waals surface area contributed by atoms with E-state index < -0.39 is 0 Å². The molecule has 1 N–H and O–H groups in total. The molecule has 5 nitrogen and oxygen atoms in total. The van der Waals surface area contributed by atoms with Crippen LogP contribution in [0.25, 0.3) is 0 Å². The molecule has 0 aromatic heterocycles. The molecule has 2 heterocycles. The zero-order chi connectivity index (χ0) is 14.5. The summed E-state index contributed by atoms with van der Waals surface area (Å²) in [5.74, 6) is 0.761. The van der Waals surface area contributed by atoms with Gasteiger partial charge in [0.25, 0.3) is 0 Å². The highest BCUT2D eigenvalue weighted by atomic mass is 32.1. The maximum atomic E-state index is 9.67. The summed E-state index contributed by atoms with van der Waals surface area (Å²) in [4.78, 5) is 2.09. The number of thiocarbonyl (C=S) groups is 1. The van der Waals surface area contributed by atoms with Crippen LogP contribution in [0.3, 0.4) is 0 Å². The van der Waals surface area contributed by atoms with Gasteiger partial charge in [-0.3, -0.25) is 5.21 Å². The van der Waals surface area contributed by atoms with E-state index in [1.807, 2.05) is 6.08 Å². The van der Waals surface area contributed by atoms with Crippen molar-refractivity contribution in [1.29, 1.82) is 0 Å². The first-order valence-corrected chi connectivity index (χ1v) is 7.23. The van der Waals surface area contributed by atoms with Crippen molar-refractivity contribution in [3.8, 4) is 0 Å². The zero-order valence-electron chi connectivity index (χ0n) is 11.9. The molecule has 0 amide bonds. The van der Waals surface area contributed by atoms with Gasteiger partial charge in [-0.15, -0.1) is 5.11 Å². The van der Waals surface area contributed by atoms with Gasteiger partial charge in [-0.05, 0) is 50.1 Å². The molecule has 0 atom stereocenters. The third-order valence-electron chi connectivity index (χ3n) is 3.55. The Labute approximate surface area is 124 Å². The molecule has 0 radical (unpaired) electrons. The molecule has 2 rings (SSSR count). The molecule has 2 aliphatic heterocycles. The lowest BCUT2D eigenvalue weighted by atomic mass is 10.00. The largest absolute Gasteiger partial charge is 0.346 e. The van der Waals surface area contributed by atoms with Crippen molar-refractivity contribution in [3.63, 3.8) is 0 Å². The van der Waals surface area contributed by atoms with Crippen molar-refractivity contribution in [1.82, 2.24) is 9.96 Å². The number of azo groups is 1. The van der Waals surface area contributed by atoms with Crippen LogP contribution in [0.1, 0.15) is 26.7 Å². The maximum Gasteiger partial charge on any atom is 0.216 e. The molecule has 108 valence electrons. The number of piperidine rings is 1. The molecule has 0 aromatic carbocycles. The summed E-state index contributed by atoms with van der Waals surface area (Å²) in [6, 6.07) is 0. The van der Waals surface area contributed by atoms with E-state index in [0.717, 1.165) is 36.9 Å². The highest BCUT2D eigenvalue weighted by Gasteiger charge is 2.17. The average molecular weight is 292 g/mol. The third kappa shape index (κ3) is 3.74. The smallest absolute Gasteiger partial charge is 0.216 e. The van der Waals surface area contributed by atoms with Crippen LogP contribution in [0.15, 0.2) is 46.1 Å². The molecule has 0 aromatic rings. The quantitative estimate of drug-likeness (QED) is 0.594. The zero-order valence-corrected chi connectivity index (χ0v) is 12.7. The summed E-state index contributed by atoms with van der Waals surface area (Å²) in [5.41, 5.74) is 1.23. The molecule has 2 aliphatic rings. The predicted octanol–water partition coefficient (Wildman–Crippen LogP) is 3.46. The SMILES string of the molecule is CC(N=NC(=S)N1CCC(C)CC1)=C1C=CC=CN1O. The van der Waals surface area contributed by atoms with E-state index in [-0.39, 0.29) is 0 Å². The van der Waals surface area contributed by atoms with E-state index in [0.29, 0.717) is 16.5 Å². The Morgan fingerprint density at radius 1 is 1.30 bits per heavy atom. The predicted molar refractivity (Wildman–Crippen MR) is 82.0 cm³/mol. The number of hydrogen-bond acceptors (Lipinski definition) is 4. The standard InChI is InChI=1S/C14H20N4OS/c1-11-6-9-17(10-7-11)14(20)16-15-12(2)13-5-3-4-8-18(13)19/h3-5,8,11,19H,6-7,9-10H2,1-2H3. The van der Waals surface area contributed by atoms with Gasteiger partial charge < -0.3 is 4.90 Å². The molecule has 20 heavy (non-hydrogen) atoms. The molecule has 0 aliphatic carbocycles. The number of likely N-dealkylation sites (tertiary alicyclic amines) is 1. The highest BCUT2D eigenvalue weighted by molar-refractivity contribution is 7.80. The van der Waals surface area contributed by atoms with Gasteiger partial charge in [-0.1, -0.05) is 13.0 Å². The number of hydroxylamine groups is 2. The van der Waals surface area contributed by atoms with Crippen LogP contribution in [0, 0.1) is 5.92 Å². The molecule has 6 heteroatoms. The Balaban J connectivity index is 1.98. The van der Waals surface area contributed by atoms with E-state index in [1.54, 1.807) is 25.3 Å². The van der Waals surface area contributed by atoms with E-state index >= 15 is 0 Å². The van der Waals surface area contributed by atoms with E-state index in [2.05, 4.69) is 22.1 Å². The van der Waals surface area contributed by atoms with Crippen LogP contribution >= 0.6 is 12.2 Å². The van der Waals surface area contributed by atoms with Crippen LogP contribution in [0.5, 0.6) is 0 Å². The molecular weight excluding hydrogens is 272 g/mol. The first-order valence-electron chi connectivity index (χ1n) is 6.82. The first kappa shape index (κ1) is 14.9. The summed E-state index contributed by atoms with van der Waals surface area (Å²) < 4.78 is 0. The number of hydrogen-bond donors (Lipinski definition) is 1. The van der Waals surface area contributed by atoms with E-state index in [4.69, 9.17) is 12.2 Å². The van der Waals surface area contributed by atoms with Crippen LogP contribution < -0.4 is 0 Å². The van der Waals surface area contributed by atoms with Gasteiger partial charge in [0.15, 0.2) is 0 Å². The van der Waals surface area contributed by atoms with Crippen LogP contribution in [0.4, 0.5) is 0 Å². The molecule has 1 fully saturated rings. The molecule has 0 saturated carbocycles. The van der Waals surface area contributed by atoms with Crippen LogP contribution in [-0.2, 0) is 0 Å². The normalized spacial score (nSPS) is 22.8. The fourth-order valence-electron chi connectivity index (χ4n) is 2.15. The Bertz CT molecular complexity index is 487. The van der Waals surface area contributed by atoms with Crippen molar-refractivity contribution >= 4 is 17.3 Å². The molecule has 0 bridgehead atoms. The second-order valence-corrected chi connectivity index (χ2v) is 5.53. The Hall–Kier alpha value is -1.53. The third-order valence-corrected chi connectivity index (χ3v) is 3.89. The van der Waals surface area contributed by atoms with Gasteiger partial charge in [-0.2, -0.15) is 5.11 Å². The van der Waals surface area contributed by atoms with Crippen molar-refractivity contribution in [2.45, 2.75) is 26.7 Å². The summed E-state index contributed by atoms with van der Waals surface area (Å²) >= 11 is 5.30. The Morgan fingerprint density at radius 2 is 2.00 bits per heavy atom. The van der Waals surface area contributed by atoms with Crippen molar-refractivity contribution in [2.24, 2.45) is 16.1 Å². The van der Waals surface area contributed by atoms with E-state index in [1.165, 1.54) is 0 Å². The fraction of sp³-hybridized carbons (Fsp3) is 0.500. The van der Waals surface area contributed by atoms with Gasteiger partial charge in [0.05, 0.1) is 11.4 Å². The topological polar surface area (TPSA) is 51.4 Å². The fourth-order valence-corrected chi connectivity index (χ4v) is 2.38. The summed E-state index contributed by atoms with van der Waals surface area (Å²) in [6.07, 6.45) is 9.21. The summed E-state index contributed by atoms with van der Waals surface area (Å²) in [5, 5.41) is 19.5. The highest BCUT2D eigenvalue weighted by Crippen LogP contribution is 2.18. The Kier molecular flexibility index (Phi) is 5.03. The lowest BCUT2D eigenvalue weighted by Crippen LogP contribution is -2.35. The van der Waals surface area contributed by atoms with E-state index in [9.17, 15) is 5.21 Å². The molecular formula is C14H20N4OS. The lowest BCUT2D eigenvalue weighted by Gasteiger charge is -2.30.